The zero-order valence-corrected chi connectivity index (χ0v) is 34.0. The van der Waals surface area contributed by atoms with E-state index in [1.807, 2.05) is 11.3 Å². The summed E-state index contributed by atoms with van der Waals surface area (Å²) in [6.07, 6.45) is 0. The average molecular weight is 755 g/mol. The van der Waals surface area contributed by atoms with Crippen molar-refractivity contribution in [3.63, 3.8) is 0 Å². The summed E-state index contributed by atoms with van der Waals surface area (Å²) in [5.74, 6) is 0. The summed E-state index contributed by atoms with van der Waals surface area (Å²) >= 11 is 1.88. The van der Waals surface area contributed by atoms with Crippen LogP contribution >= 0.6 is 11.3 Å². The molecule has 3 nitrogen and oxygen atoms in total. The predicted octanol–water partition coefficient (Wildman–Crippen LogP) is 13.1. The minimum Gasteiger partial charge on any atom is -0.468 e. The van der Waals surface area contributed by atoms with Gasteiger partial charge in [-0.1, -0.05) is 139 Å². The summed E-state index contributed by atoms with van der Waals surface area (Å²) in [6.45, 7) is 13.6. The molecule has 0 amide bonds. The Kier molecular flexibility index (Phi) is 7.35. The SMILES string of the molecule is CC(C)(C)c1ccc(-c2cc3c4c(c2)N(c2cccc5c2sc2ccccc25)c2ccccc2B4c2oc4ccccc4c2N3c2ccc(C(C)(C)C)cc2)cc1. The Labute approximate surface area is 338 Å². The Balaban J connectivity index is 1.26. The molecule has 0 aliphatic carbocycles. The highest BCUT2D eigenvalue weighted by Gasteiger charge is 2.47. The fraction of sp³-hybridized carbons (Fsp3) is 0.154. The molecule has 0 saturated carbocycles. The third kappa shape index (κ3) is 5.18. The van der Waals surface area contributed by atoms with Crippen molar-refractivity contribution in [3.05, 3.63) is 163 Å². The number of rotatable bonds is 3. The highest BCUT2D eigenvalue weighted by molar-refractivity contribution is 7.26. The van der Waals surface area contributed by atoms with E-state index < -0.39 is 0 Å². The number of anilines is 6. The standard InChI is InChI=1S/C52H43BN2OS/c1-51(2,3)34-24-22-32(23-25-34)33-30-43-47-44(31-33)55(42-19-13-16-38-37-14-8-12-21-46(37)57-49(38)42)41-18-10-9-17-40(41)53(47)50-48(39-15-7-11-20-45(39)56-50)54(43)36-28-26-35(27-29-36)52(4,5)6/h7-31H,1-6H3. The molecular weight excluding hydrogens is 711 g/mol. The van der Waals surface area contributed by atoms with Gasteiger partial charge >= 0.3 is 0 Å². The van der Waals surface area contributed by atoms with Crippen molar-refractivity contribution < 1.29 is 4.42 Å². The predicted molar refractivity (Wildman–Crippen MR) is 246 cm³/mol. The van der Waals surface area contributed by atoms with Crippen molar-refractivity contribution in [2.24, 2.45) is 0 Å². The molecule has 0 fully saturated rings. The van der Waals surface area contributed by atoms with E-state index in [1.54, 1.807) is 0 Å². The van der Waals surface area contributed by atoms with Crippen LogP contribution in [-0.4, -0.2) is 6.71 Å². The minimum atomic E-state index is -0.103. The molecule has 0 saturated heterocycles. The Bertz CT molecular complexity index is 3050. The molecule has 5 heteroatoms. The first-order valence-electron chi connectivity index (χ1n) is 20.0. The maximum Gasteiger partial charge on any atom is 0.297 e. The quantitative estimate of drug-likeness (QED) is 0.168. The molecule has 11 rings (SSSR count). The second-order valence-electron chi connectivity index (χ2n) is 17.8. The maximum atomic E-state index is 7.08. The molecule has 0 unspecified atom stereocenters. The molecule has 0 spiro atoms. The normalized spacial score (nSPS) is 13.7. The van der Waals surface area contributed by atoms with Crippen molar-refractivity contribution in [3.8, 4) is 11.1 Å². The van der Waals surface area contributed by atoms with E-state index in [9.17, 15) is 0 Å². The highest BCUT2D eigenvalue weighted by Crippen LogP contribution is 2.50. The molecule has 0 radical (unpaired) electrons. The van der Waals surface area contributed by atoms with Crippen molar-refractivity contribution in [2.75, 3.05) is 9.80 Å². The Morgan fingerprint density at radius 1 is 0.509 bits per heavy atom. The number of fused-ring (bicyclic) bond motifs is 9. The van der Waals surface area contributed by atoms with E-state index in [4.69, 9.17) is 4.42 Å². The lowest BCUT2D eigenvalue weighted by molar-refractivity contribution is 0.590. The number of hydrogen-bond donors (Lipinski definition) is 0. The van der Waals surface area contributed by atoms with Gasteiger partial charge in [0.2, 0.25) is 0 Å². The van der Waals surface area contributed by atoms with Gasteiger partial charge < -0.3 is 14.2 Å². The van der Waals surface area contributed by atoms with Crippen LogP contribution in [0.15, 0.2) is 156 Å². The Morgan fingerprint density at radius 2 is 1.11 bits per heavy atom. The molecule has 9 aromatic rings. The van der Waals surface area contributed by atoms with E-state index in [-0.39, 0.29) is 17.5 Å². The Morgan fingerprint density at radius 3 is 1.84 bits per heavy atom. The van der Waals surface area contributed by atoms with Gasteiger partial charge in [0.05, 0.1) is 21.7 Å². The van der Waals surface area contributed by atoms with E-state index in [1.165, 1.54) is 76.1 Å². The van der Waals surface area contributed by atoms with Crippen molar-refractivity contribution in [1.82, 2.24) is 0 Å². The minimum absolute atomic E-state index is 0.0369. The van der Waals surface area contributed by atoms with Crippen LogP contribution in [0.2, 0.25) is 0 Å². The van der Waals surface area contributed by atoms with Crippen LogP contribution in [0.4, 0.5) is 34.1 Å². The van der Waals surface area contributed by atoms with Crippen LogP contribution in [0.3, 0.4) is 0 Å². The average Bonchev–Trinajstić information content (AvgIpc) is 3.79. The fourth-order valence-electron chi connectivity index (χ4n) is 9.26. The molecule has 2 aromatic heterocycles. The second kappa shape index (κ2) is 12.2. The largest absolute Gasteiger partial charge is 0.468 e. The molecule has 4 heterocycles. The van der Waals surface area contributed by atoms with Crippen LogP contribution in [0, 0.1) is 0 Å². The first-order chi connectivity index (χ1) is 27.5. The van der Waals surface area contributed by atoms with Crippen LogP contribution in [0.5, 0.6) is 0 Å². The number of thiophene rings is 1. The second-order valence-corrected chi connectivity index (χ2v) is 18.8. The monoisotopic (exact) mass is 754 g/mol. The molecule has 7 aromatic carbocycles. The first-order valence-corrected chi connectivity index (χ1v) is 20.9. The molecular formula is C52H43BN2OS. The summed E-state index contributed by atoms with van der Waals surface area (Å²) in [7, 11) is 0. The molecule has 0 atom stereocenters. The lowest BCUT2D eigenvalue weighted by Crippen LogP contribution is -2.61. The molecule has 276 valence electrons. The van der Waals surface area contributed by atoms with Gasteiger partial charge in [0.25, 0.3) is 6.71 Å². The van der Waals surface area contributed by atoms with Crippen LogP contribution in [0.25, 0.3) is 42.3 Å². The number of benzene rings is 7. The highest BCUT2D eigenvalue weighted by atomic mass is 32.1. The van der Waals surface area contributed by atoms with Crippen molar-refractivity contribution in [1.29, 1.82) is 0 Å². The molecule has 57 heavy (non-hydrogen) atoms. The zero-order chi connectivity index (χ0) is 38.8. The third-order valence-electron chi connectivity index (χ3n) is 12.2. The number of para-hydroxylation sites is 2. The number of hydrogen-bond acceptors (Lipinski definition) is 4. The smallest absolute Gasteiger partial charge is 0.297 e. The van der Waals surface area contributed by atoms with E-state index in [0.717, 1.165) is 28.0 Å². The van der Waals surface area contributed by atoms with Crippen LogP contribution in [-0.2, 0) is 10.8 Å². The lowest BCUT2D eigenvalue weighted by Gasteiger charge is -2.43. The van der Waals surface area contributed by atoms with Crippen molar-refractivity contribution >= 4 is 99.9 Å². The summed E-state index contributed by atoms with van der Waals surface area (Å²) < 4.78 is 9.67. The summed E-state index contributed by atoms with van der Waals surface area (Å²) in [5, 5.41) is 3.71. The Hall–Kier alpha value is -6.04. The first kappa shape index (κ1) is 34.2. The molecule has 2 aliphatic rings. The van der Waals surface area contributed by atoms with E-state index in [0.29, 0.717) is 0 Å². The van der Waals surface area contributed by atoms with Crippen LogP contribution in [0.1, 0.15) is 52.7 Å². The van der Waals surface area contributed by atoms with Gasteiger partial charge in [-0.3, -0.25) is 0 Å². The van der Waals surface area contributed by atoms with Crippen molar-refractivity contribution in [2.45, 2.75) is 52.4 Å². The van der Waals surface area contributed by atoms with Crippen LogP contribution < -0.4 is 26.4 Å². The number of nitrogens with zero attached hydrogens (tertiary/aromatic N) is 2. The topological polar surface area (TPSA) is 19.6 Å². The zero-order valence-electron chi connectivity index (χ0n) is 33.2. The third-order valence-corrected chi connectivity index (χ3v) is 13.4. The van der Waals surface area contributed by atoms with E-state index in [2.05, 4.69) is 203 Å². The number of furan rings is 1. The summed E-state index contributed by atoms with van der Waals surface area (Å²) in [5.41, 5.74) is 16.5. The molecule has 2 aliphatic heterocycles. The van der Waals surface area contributed by atoms with Gasteiger partial charge in [-0.2, -0.15) is 0 Å². The van der Waals surface area contributed by atoms with Gasteiger partial charge in [0.1, 0.15) is 5.58 Å². The lowest BCUT2D eigenvalue weighted by atomic mass is 9.35. The van der Waals surface area contributed by atoms with Gasteiger partial charge in [-0.15, -0.1) is 11.3 Å². The van der Waals surface area contributed by atoms with Gasteiger partial charge in [-0.05, 0) is 98.6 Å². The fourth-order valence-corrected chi connectivity index (χ4v) is 10.5. The van der Waals surface area contributed by atoms with Gasteiger partial charge in [0, 0.05) is 43.6 Å². The van der Waals surface area contributed by atoms with E-state index >= 15 is 0 Å². The summed E-state index contributed by atoms with van der Waals surface area (Å²) in [6, 6.07) is 56.5. The summed E-state index contributed by atoms with van der Waals surface area (Å²) in [4.78, 5) is 5.03. The van der Waals surface area contributed by atoms with Gasteiger partial charge in [-0.25, -0.2) is 0 Å². The van der Waals surface area contributed by atoms with Gasteiger partial charge in [0.15, 0.2) is 0 Å². The molecule has 0 N–H and O–H groups in total. The maximum absolute atomic E-state index is 7.08. The molecule has 0 bridgehead atoms.